The summed E-state index contributed by atoms with van der Waals surface area (Å²) in [5.41, 5.74) is 0.994. The SMILES string of the molecule is C[C@@H]1CN(C(=O)C2CC2c2ccc(Cl)c(Cl)c2)CC(C(=O)O)O1. The number of halogens is 2. The van der Waals surface area contributed by atoms with Crippen molar-refractivity contribution in [2.24, 2.45) is 5.92 Å². The number of hydrogen-bond acceptors (Lipinski definition) is 3. The number of hydrogen-bond donors (Lipinski definition) is 1. The van der Waals surface area contributed by atoms with Gasteiger partial charge in [0.15, 0.2) is 6.10 Å². The maximum atomic E-state index is 12.6. The molecule has 2 aliphatic rings. The van der Waals surface area contributed by atoms with Gasteiger partial charge in [-0.15, -0.1) is 0 Å². The third-order valence-corrected chi connectivity index (χ3v) is 5.07. The Morgan fingerprint density at radius 3 is 2.65 bits per heavy atom. The molecule has 1 saturated heterocycles. The van der Waals surface area contributed by atoms with Crippen LogP contribution in [0.5, 0.6) is 0 Å². The predicted molar refractivity (Wildman–Crippen MR) is 85.9 cm³/mol. The molecule has 0 radical (unpaired) electrons. The van der Waals surface area contributed by atoms with Gasteiger partial charge in [0, 0.05) is 12.5 Å². The molecule has 3 unspecified atom stereocenters. The summed E-state index contributed by atoms with van der Waals surface area (Å²) in [5, 5.41) is 10.1. The van der Waals surface area contributed by atoms with Gasteiger partial charge in [-0.3, -0.25) is 4.79 Å². The lowest BCUT2D eigenvalue weighted by atomic mass is 10.1. The van der Waals surface area contributed by atoms with Crippen LogP contribution in [0.3, 0.4) is 0 Å². The highest BCUT2D eigenvalue weighted by molar-refractivity contribution is 6.42. The lowest BCUT2D eigenvalue weighted by molar-refractivity contribution is -0.167. The minimum absolute atomic E-state index is 0.0116. The Bertz CT molecular complexity index is 651. The van der Waals surface area contributed by atoms with E-state index in [0.29, 0.717) is 16.6 Å². The molecule has 5 nitrogen and oxygen atoms in total. The zero-order valence-corrected chi connectivity index (χ0v) is 14.0. The van der Waals surface area contributed by atoms with Crippen LogP contribution in [0.25, 0.3) is 0 Å². The summed E-state index contributed by atoms with van der Waals surface area (Å²) in [5.74, 6) is -1.04. The first-order valence-electron chi connectivity index (χ1n) is 7.49. The molecule has 1 saturated carbocycles. The minimum Gasteiger partial charge on any atom is -0.479 e. The average Bonchev–Trinajstić information content (AvgIpc) is 3.29. The van der Waals surface area contributed by atoms with Crippen molar-refractivity contribution in [3.8, 4) is 0 Å². The molecule has 1 aliphatic carbocycles. The molecule has 2 fully saturated rings. The number of carboxylic acids is 1. The zero-order chi connectivity index (χ0) is 16.7. The monoisotopic (exact) mass is 357 g/mol. The van der Waals surface area contributed by atoms with E-state index in [9.17, 15) is 9.59 Å². The Balaban J connectivity index is 1.67. The van der Waals surface area contributed by atoms with Crippen molar-refractivity contribution in [3.05, 3.63) is 33.8 Å². The van der Waals surface area contributed by atoms with Crippen molar-refractivity contribution in [1.29, 1.82) is 0 Å². The van der Waals surface area contributed by atoms with Gasteiger partial charge in [0.2, 0.25) is 5.91 Å². The highest BCUT2D eigenvalue weighted by Gasteiger charge is 2.47. The molecule has 23 heavy (non-hydrogen) atoms. The third-order valence-electron chi connectivity index (χ3n) is 4.33. The van der Waals surface area contributed by atoms with Crippen LogP contribution in [-0.2, 0) is 14.3 Å². The van der Waals surface area contributed by atoms with Crippen LogP contribution in [0.4, 0.5) is 0 Å². The molecule has 1 aromatic carbocycles. The van der Waals surface area contributed by atoms with Crippen molar-refractivity contribution in [2.45, 2.75) is 31.5 Å². The van der Waals surface area contributed by atoms with Gasteiger partial charge in [-0.25, -0.2) is 4.79 Å². The third kappa shape index (κ3) is 3.47. The van der Waals surface area contributed by atoms with E-state index in [0.717, 1.165) is 12.0 Å². The number of amides is 1. The van der Waals surface area contributed by atoms with Crippen LogP contribution in [0.2, 0.25) is 10.0 Å². The Labute approximate surface area is 144 Å². The van der Waals surface area contributed by atoms with E-state index in [-0.39, 0.29) is 30.4 Å². The Morgan fingerprint density at radius 1 is 1.26 bits per heavy atom. The van der Waals surface area contributed by atoms with Gasteiger partial charge in [0.25, 0.3) is 0 Å². The van der Waals surface area contributed by atoms with E-state index < -0.39 is 12.1 Å². The lowest BCUT2D eigenvalue weighted by Crippen LogP contribution is -2.52. The van der Waals surface area contributed by atoms with Gasteiger partial charge >= 0.3 is 5.97 Å². The largest absolute Gasteiger partial charge is 0.479 e. The second-order valence-electron chi connectivity index (χ2n) is 6.14. The first-order chi connectivity index (χ1) is 10.9. The number of carboxylic acid groups (broad SMARTS) is 1. The summed E-state index contributed by atoms with van der Waals surface area (Å²) in [4.78, 5) is 25.4. The standard InChI is InChI=1S/C16H17Cl2NO4/c1-8-6-19(7-14(23-8)16(21)22)15(20)11-5-10(11)9-2-3-12(17)13(18)4-9/h2-4,8,10-11,14H,5-7H2,1H3,(H,21,22)/t8-,10?,11?,14?/m1/s1. The molecule has 4 atom stereocenters. The van der Waals surface area contributed by atoms with Crippen molar-refractivity contribution in [2.75, 3.05) is 13.1 Å². The molecule has 3 rings (SSSR count). The molecule has 0 aromatic heterocycles. The van der Waals surface area contributed by atoms with Crippen molar-refractivity contribution in [1.82, 2.24) is 4.90 Å². The van der Waals surface area contributed by atoms with Gasteiger partial charge < -0.3 is 14.7 Å². The number of morpholine rings is 1. The highest BCUT2D eigenvalue weighted by atomic mass is 35.5. The number of benzene rings is 1. The van der Waals surface area contributed by atoms with Crippen molar-refractivity contribution < 1.29 is 19.4 Å². The van der Waals surface area contributed by atoms with Gasteiger partial charge in [0.05, 0.1) is 22.7 Å². The van der Waals surface area contributed by atoms with E-state index >= 15 is 0 Å². The molecular weight excluding hydrogens is 341 g/mol. The zero-order valence-electron chi connectivity index (χ0n) is 12.5. The first-order valence-corrected chi connectivity index (χ1v) is 8.24. The summed E-state index contributed by atoms with van der Waals surface area (Å²) in [6.07, 6.45) is -0.485. The molecule has 1 heterocycles. The maximum Gasteiger partial charge on any atom is 0.334 e. The molecule has 1 amide bonds. The molecule has 124 valence electrons. The Kier molecular flexibility index (Phi) is 4.54. The molecule has 1 aliphatic heterocycles. The summed E-state index contributed by atoms with van der Waals surface area (Å²) in [7, 11) is 0. The number of rotatable bonds is 3. The van der Waals surface area contributed by atoms with E-state index in [1.54, 1.807) is 24.0 Å². The molecular formula is C16H17Cl2NO4. The molecule has 1 aromatic rings. The average molecular weight is 358 g/mol. The predicted octanol–water partition coefficient (Wildman–Crippen LogP) is 2.80. The van der Waals surface area contributed by atoms with Crippen LogP contribution in [-0.4, -0.2) is 47.2 Å². The minimum atomic E-state index is -1.04. The maximum absolute atomic E-state index is 12.6. The number of carbonyl (C=O) groups excluding carboxylic acids is 1. The summed E-state index contributed by atoms with van der Waals surface area (Å²) in [6.45, 7) is 2.30. The number of aliphatic carboxylic acids is 1. The summed E-state index contributed by atoms with van der Waals surface area (Å²) >= 11 is 11.9. The summed E-state index contributed by atoms with van der Waals surface area (Å²) < 4.78 is 5.34. The lowest BCUT2D eigenvalue weighted by Gasteiger charge is -2.35. The second kappa shape index (κ2) is 6.30. The first kappa shape index (κ1) is 16.6. The fourth-order valence-electron chi connectivity index (χ4n) is 3.08. The quantitative estimate of drug-likeness (QED) is 0.902. The normalized spacial score (nSPS) is 30.1. The van der Waals surface area contributed by atoms with Gasteiger partial charge in [-0.2, -0.15) is 0 Å². The fraction of sp³-hybridized carbons (Fsp3) is 0.500. The molecule has 0 bridgehead atoms. The fourth-order valence-corrected chi connectivity index (χ4v) is 3.39. The number of nitrogens with zero attached hydrogens (tertiary/aromatic N) is 1. The van der Waals surface area contributed by atoms with Crippen LogP contribution >= 0.6 is 23.2 Å². The van der Waals surface area contributed by atoms with Gasteiger partial charge in [0.1, 0.15) is 0 Å². The van der Waals surface area contributed by atoms with Crippen molar-refractivity contribution in [3.63, 3.8) is 0 Å². The second-order valence-corrected chi connectivity index (χ2v) is 6.95. The van der Waals surface area contributed by atoms with E-state index in [4.69, 9.17) is 33.0 Å². The number of carbonyl (C=O) groups is 2. The summed E-state index contributed by atoms with van der Waals surface area (Å²) in [6, 6.07) is 5.41. The highest BCUT2D eigenvalue weighted by Crippen LogP contribution is 2.49. The Morgan fingerprint density at radius 2 is 2.00 bits per heavy atom. The van der Waals surface area contributed by atoms with E-state index in [1.807, 2.05) is 6.07 Å². The van der Waals surface area contributed by atoms with Gasteiger partial charge in [-0.05, 0) is 37.0 Å². The van der Waals surface area contributed by atoms with Crippen LogP contribution in [0.15, 0.2) is 18.2 Å². The molecule has 7 heteroatoms. The smallest absolute Gasteiger partial charge is 0.334 e. The number of ether oxygens (including phenoxy) is 1. The van der Waals surface area contributed by atoms with Crippen LogP contribution in [0, 0.1) is 5.92 Å². The van der Waals surface area contributed by atoms with Crippen LogP contribution < -0.4 is 0 Å². The van der Waals surface area contributed by atoms with Crippen molar-refractivity contribution >= 4 is 35.1 Å². The topological polar surface area (TPSA) is 66.8 Å². The van der Waals surface area contributed by atoms with Crippen LogP contribution in [0.1, 0.15) is 24.8 Å². The Hall–Kier alpha value is -1.30. The van der Waals surface area contributed by atoms with Gasteiger partial charge in [-0.1, -0.05) is 29.3 Å². The molecule has 0 spiro atoms. The molecule has 1 N–H and O–H groups in total. The van der Waals surface area contributed by atoms with E-state index in [2.05, 4.69) is 0 Å². The van der Waals surface area contributed by atoms with E-state index in [1.165, 1.54) is 0 Å².